The van der Waals surface area contributed by atoms with E-state index in [1.807, 2.05) is 0 Å². The molecule has 1 saturated carbocycles. The SMILES string of the molecule is CCC1CCC(NC(=O)C2CNC(=O)CN2)(C(=O)O)CC1. The van der Waals surface area contributed by atoms with Crippen molar-refractivity contribution in [3.63, 3.8) is 0 Å². The molecule has 1 heterocycles. The summed E-state index contributed by atoms with van der Waals surface area (Å²) in [5.41, 5.74) is -1.16. The molecule has 21 heavy (non-hydrogen) atoms. The monoisotopic (exact) mass is 297 g/mol. The molecule has 7 nitrogen and oxygen atoms in total. The van der Waals surface area contributed by atoms with Crippen molar-refractivity contribution in [2.75, 3.05) is 13.1 Å². The van der Waals surface area contributed by atoms with Crippen molar-refractivity contribution in [3.8, 4) is 0 Å². The van der Waals surface area contributed by atoms with E-state index >= 15 is 0 Å². The molecule has 0 radical (unpaired) electrons. The number of carboxylic acid groups (broad SMARTS) is 1. The lowest BCUT2D eigenvalue weighted by molar-refractivity contribution is -0.150. The van der Waals surface area contributed by atoms with Crippen molar-refractivity contribution in [1.29, 1.82) is 0 Å². The van der Waals surface area contributed by atoms with E-state index in [2.05, 4.69) is 22.9 Å². The highest BCUT2D eigenvalue weighted by atomic mass is 16.4. The zero-order chi connectivity index (χ0) is 15.5. The van der Waals surface area contributed by atoms with Gasteiger partial charge >= 0.3 is 5.97 Å². The Balaban J connectivity index is 1.98. The molecule has 1 unspecified atom stereocenters. The Morgan fingerprint density at radius 3 is 2.52 bits per heavy atom. The fourth-order valence-electron chi connectivity index (χ4n) is 3.05. The number of aliphatic carboxylic acids is 1. The fourth-order valence-corrected chi connectivity index (χ4v) is 3.05. The van der Waals surface area contributed by atoms with E-state index in [0.29, 0.717) is 18.8 Å². The molecule has 0 aromatic heterocycles. The molecule has 1 atom stereocenters. The van der Waals surface area contributed by atoms with Crippen molar-refractivity contribution in [2.45, 2.75) is 50.6 Å². The molecule has 0 aromatic rings. The van der Waals surface area contributed by atoms with Gasteiger partial charge in [-0.1, -0.05) is 13.3 Å². The highest BCUT2D eigenvalue weighted by Gasteiger charge is 2.44. The number of piperazine rings is 1. The maximum absolute atomic E-state index is 12.2. The molecule has 0 spiro atoms. The predicted octanol–water partition coefficient (Wildman–Crippen LogP) is -0.386. The van der Waals surface area contributed by atoms with Crippen LogP contribution in [0.4, 0.5) is 0 Å². The van der Waals surface area contributed by atoms with Crippen molar-refractivity contribution < 1.29 is 19.5 Å². The first-order valence-corrected chi connectivity index (χ1v) is 7.52. The molecule has 7 heteroatoms. The molecule has 4 N–H and O–H groups in total. The summed E-state index contributed by atoms with van der Waals surface area (Å²) in [6, 6.07) is -0.567. The lowest BCUT2D eigenvalue weighted by Gasteiger charge is -2.38. The smallest absolute Gasteiger partial charge is 0.329 e. The summed E-state index contributed by atoms with van der Waals surface area (Å²) in [6.07, 6.45) is 3.60. The maximum Gasteiger partial charge on any atom is 0.329 e. The van der Waals surface area contributed by atoms with Crippen LogP contribution in [0.15, 0.2) is 0 Å². The van der Waals surface area contributed by atoms with Gasteiger partial charge < -0.3 is 15.7 Å². The Bertz CT molecular complexity index is 420. The fraction of sp³-hybridized carbons (Fsp3) is 0.786. The Hall–Kier alpha value is -1.63. The second kappa shape index (κ2) is 6.43. The van der Waals surface area contributed by atoms with Gasteiger partial charge in [-0.15, -0.1) is 0 Å². The first kappa shape index (κ1) is 15.8. The van der Waals surface area contributed by atoms with Gasteiger partial charge in [-0.3, -0.25) is 14.9 Å². The van der Waals surface area contributed by atoms with Crippen molar-refractivity contribution in [3.05, 3.63) is 0 Å². The van der Waals surface area contributed by atoms with Crippen LogP contribution in [0.5, 0.6) is 0 Å². The summed E-state index contributed by atoms with van der Waals surface area (Å²) in [4.78, 5) is 34.9. The van der Waals surface area contributed by atoms with Crippen molar-refractivity contribution in [1.82, 2.24) is 16.0 Å². The Morgan fingerprint density at radius 2 is 2.05 bits per heavy atom. The first-order valence-electron chi connectivity index (χ1n) is 7.52. The summed E-state index contributed by atoms with van der Waals surface area (Å²) in [6.45, 7) is 2.37. The van der Waals surface area contributed by atoms with Crippen LogP contribution in [0.1, 0.15) is 39.0 Å². The molecule has 0 bridgehead atoms. The van der Waals surface area contributed by atoms with Crippen molar-refractivity contribution in [2.24, 2.45) is 5.92 Å². The molecule has 2 rings (SSSR count). The summed E-state index contributed by atoms with van der Waals surface area (Å²) >= 11 is 0. The van der Waals surface area contributed by atoms with Crippen LogP contribution in [0.3, 0.4) is 0 Å². The topological polar surface area (TPSA) is 108 Å². The van der Waals surface area contributed by atoms with Gasteiger partial charge in [0, 0.05) is 6.54 Å². The van der Waals surface area contributed by atoms with E-state index in [9.17, 15) is 19.5 Å². The van der Waals surface area contributed by atoms with Gasteiger partial charge in [-0.2, -0.15) is 0 Å². The first-order chi connectivity index (χ1) is 9.97. The number of carboxylic acids is 1. The highest BCUT2D eigenvalue weighted by Crippen LogP contribution is 2.34. The number of hydrogen-bond donors (Lipinski definition) is 4. The third-order valence-corrected chi connectivity index (χ3v) is 4.64. The van der Waals surface area contributed by atoms with Gasteiger partial charge in [0.25, 0.3) is 0 Å². The quantitative estimate of drug-likeness (QED) is 0.565. The van der Waals surface area contributed by atoms with Gasteiger partial charge in [-0.05, 0) is 31.6 Å². The van der Waals surface area contributed by atoms with Crippen LogP contribution in [0, 0.1) is 5.92 Å². The molecule has 2 aliphatic rings. The number of rotatable bonds is 4. The van der Waals surface area contributed by atoms with Crippen LogP contribution in [-0.4, -0.2) is 47.6 Å². The highest BCUT2D eigenvalue weighted by molar-refractivity contribution is 5.91. The van der Waals surface area contributed by atoms with Crippen LogP contribution in [0.2, 0.25) is 0 Å². The van der Waals surface area contributed by atoms with Gasteiger partial charge in [0.2, 0.25) is 11.8 Å². The Kier molecular flexibility index (Phi) is 4.82. The molecule has 0 aromatic carbocycles. The number of carbonyl (C=O) groups is 3. The average molecular weight is 297 g/mol. The maximum atomic E-state index is 12.2. The third kappa shape index (κ3) is 3.53. The lowest BCUT2D eigenvalue weighted by Crippen LogP contribution is -2.64. The van der Waals surface area contributed by atoms with Crippen LogP contribution >= 0.6 is 0 Å². The van der Waals surface area contributed by atoms with E-state index in [1.165, 1.54) is 0 Å². The van der Waals surface area contributed by atoms with Crippen molar-refractivity contribution >= 4 is 17.8 Å². The van der Waals surface area contributed by atoms with Crippen LogP contribution in [0.25, 0.3) is 0 Å². The number of carbonyl (C=O) groups excluding carboxylic acids is 2. The Labute approximate surface area is 123 Å². The van der Waals surface area contributed by atoms with Gasteiger partial charge in [0.1, 0.15) is 11.6 Å². The number of nitrogens with one attached hydrogen (secondary N) is 3. The molecule has 1 aliphatic carbocycles. The summed E-state index contributed by atoms with van der Waals surface area (Å²) in [5, 5.41) is 17.7. The molecule has 118 valence electrons. The number of amides is 2. The van der Waals surface area contributed by atoms with E-state index < -0.39 is 17.6 Å². The largest absolute Gasteiger partial charge is 0.480 e. The normalized spacial score (nSPS) is 33.1. The predicted molar refractivity (Wildman–Crippen MR) is 75.6 cm³/mol. The lowest BCUT2D eigenvalue weighted by atomic mass is 9.75. The van der Waals surface area contributed by atoms with Gasteiger partial charge in [-0.25, -0.2) is 4.79 Å². The third-order valence-electron chi connectivity index (χ3n) is 4.64. The van der Waals surface area contributed by atoms with E-state index in [0.717, 1.165) is 19.3 Å². The van der Waals surface area contributed by atoms with E-state index in [1.54, 1.807) is 0 Å². The van der Waals surface area contributed by atoms with Gasteiger partial charge in [0.15, 0.2) is 0 Å². The second-order valence-electron chi connectivity index (χ2n) is 5.97. The minimum atomic E-state index is -1.16. The molecular formula is C14H23N3O4. The zero-order valence-electron chi connectivity index (χ0n) is 12.3. The average Bonchev–Trinajstić information content (AvgIpc) is 2.48. The Morgan fingerprint density at radius 1 is 1.38 bits per heavy atom. The summed E-state index contributed by atoms with van der Waals surface area (Å²) in [7, 11) is 0. The van der Waals surface area contributed by atoms with Crippen LogP contribution in [-0.2, 0) is 14.4 Å². The minimum absolute atomic E-state index is 0.0794. The molecule has 2 amide bonds. The zero-order valence-corrected chi connectivity index (χ0v) is 12.3. The van der Waals surface area contributed by atoms with Gasteiger partial charge in [0.05, 0.1) is 6.54 Å². The standard InChI is InChI=1S/C14H23N3O4/c1-2-9-3-5-14(6-4-9,13(20)21)17-12(19)10-7-16-11(18)8-15-10/h9-10,15H,2-8H2,1H3,(H,16,18)(H,17,19)(H,20,21). The number of hydrogen-bond acceptors (Lipinski definition) is 4. The van der Waals surface area contributed by atoms with Crippen LogP contribution < -0.4 is 16.0 Å². The summed E-state index contributed by atoms with van der Waals surface area (Å²) < 4.78 is 0. The molecule has 1 aliphatic heterocycles. The molecule has 1 saturated heterocycles. The molecule has 2 fully saturated rings. The van der Waals surface area contributed by atoms with E-state index in [4.69, 9.17) is 0 Å². The minimum Gasteiger partial charge on any atom is -0.480 e. The second-order valence-corrected chi connectivity index (χ2v) is 5.97. The van der Waals surface area contributed by atoms with E-state index in [-0.39, 0.29) is 24.9 Å². The summed E-state index contributed by atoms with van der Waals surface area (Å²) in [5.74, 6) is -0.936. The molecular weight excluding hydrogens is 274 g/mol.